The highest BCUT2D eigenvalue weighted by atomic mass is 127. The van der Waals surface area contributed by atoms with Crippen LogP contribution in [0.3, 0.4) is 0 Å². The summed E-state index contributed by atoms with van der Waals surface area (Å²) in [6.45, 7) is 0. The van der Waals surface area contributed by atoms with E-state index in [-0.39, 0.29) is 17.1 Å². The number of alkyl halides is 3. The summed E-state index contributed by atoms with van der Waals surface area (Å²) in [5.41, 5.74) is 0.0316. The molecule has 0 saturated carbocycles. The molecule has 0 aliphatic rings. The Labute approximate surface area is 98.8 Å². The quantitative estimate of drug-likeness (QED) is 0.481. The smallest absolute Gasteiger partial charge is 0.265 e. The molecule has 0 saturated heterocycles. The van der Waals surface area contributed by atoms with Crippen LogP contribution in [0.4, 0.5) is 8.78 Å². The molecular weight excluding hydrogens is 326 g/mol. The maximum Gasteiger partial charge on any atom is 0.265 e. The minimum atomic E-state index is -2.58. The van der Waals surface area contributed by atoms with Gasteiger partial charge in [0.15, 0.2) is 5.75 Å². The van der Waals surface area contributed by atoms with E-state index in [0.29, 0.717) is 9.45 Å². The van der Waals surface area contributed by atoms with E-state index in [1.165, 1.54) is 13.2 Å². The summed E-state index contributed by atoms with van der Waals surface area (Å²) >= 11 is 7.41. The average molecular weight is 334 g/mol. The fourth-order valence-corrected chi connectivity index (χ4v) is 1.84. The second kappa shape index (κ2) is 5.06. The van der Waals surface area contributed by atoms with Crippen molar-refractivity contribution < 1.29 is 13.5 Å². The number of hydrogen-bond acceptors (Lipinski definition) is 2. The molecule has 0 radical (unpaired) electrons. The van der Waals surface area contributed by atoms with Crippen LogP contribution in [-0.4, -0.2) is 12.1 Å². The molecule has 1 heterocycles. The lowest BCUT2D eigenvalue weighted by molar-refractivity contribution is 0.149. The normalized spacial score (nSPS) is 10.7. The Kier molecular flexibility index (Phi) is 4.31. The number of pyridine rings is 1. The van der Waals surface area contributed by atoms with Gasteiger partial charge in [-0.05, 0) is 28.7 Å². The molecule has 0 spiro atoms. The molecule has 0 aliphatic heterocycles. The topological polar surface area (TPSA) is 22.1 Å². The van der Waals surface area contributed by atoms with Gasteiger partial charge >= 0.3 is 0 Å². The molecule has 1 aromatic heterocycles. The molecule has 78 valence electrons. The molecular formula is C8H7ClF2INO. The second-order valence-electron chi connectivity index (χ2n) is 2.45. The van der Waals surface area contributed by atoms with Crippen LogP contribution in [0, 0.1) is 3.70 Å². The Morgan fingerprint density at radius 3 is 2.71 bits per heavy atom. The number of ether oxygens (including phenoxy) is 1. The van der Waals surface area contributed by atoms with Gasteiger partial charge < -0.3 is 4.74 Å². The summed E-state index contributed by atoms with van der Waals surface area (Å²) in [5.74, 6) is 0.314. The van der Waals surface area contributed by atoms with E-state index in [1.807, 2.05) is 22.6 Å². The van der Waals surface area contributed by atoms with Crippen molar-refractivity contribution in [2.75, 3.05) is 7.11 Å². The van der Waals surface area contributed by atoms with Crippen molar-refractivity contribution in [3.05, 3.63) is 21.0 Å². The number of nitrogens with zero attached hydrogens (tertiary/aromatic N) is 1. The third-order valence-electron chi connectivity index (χ3n) is 1.64. The summed E-state index contributed by atoms with van der Waals surface area (Å²) in [6.07, 6.45) is -2.58. The predicted molar refractivity (Wildman–Crippen MR) is 58.0 cm³/mol. The fourth-order valence-electron chi connectivity index (χ4n) is 0.961. The highest BCUT2D eigenvalue weighted by Crippen LogP contribution is 2.29. The molecule has 0 aromatic carbocycles. The number of methoxy groups -OCH3 is 1. The number of halogens is 4. The van der Waals surface area contributed by atoms with E-state index in [2.05, 4.69) is 4.98 Å². The Hall–Kier alpha value is -0.170. The molecule has 14 heavy (non-hydrogen) atoms. The predicted octanol–water partition coefficient (Wildman–Crippen LogP) is 3.37. The summed E-state index contributed by atoms with van der Waals surface area (Å²) in [4.78, 5) is 3.93. The third kappa shape index (κ3) is 2.44. The first-order valence-electron chi connectivity index (χ1n) is 3.67. The summed E-state index contributed by atoms with van der Waals surface area (Å²) < 4.78 is 30.4. The average Bonchev–Trinajstić information content (AvgIpc) is 2.16. The van der Waals surface area contributed by atoms with Crippen molar-refractivity contribution in [2.45, 2.75) is 12.3 Å². The van der Waals surface area contributed by atoms with Crippen molar-refractivity contribution in [2.24, 2.45) is 0 Å². The van der Waals surface area contributed by atoms with Crippen LogP contribution < -0.4 is 4.74 Å². The van der Waals surface area contributed by atoms with Gasteiger partial charge in [-0.3, -0.25) is 0 Å². The van der Waals surface area contributed by atoms with E-state index in [9.17, 15) is 8.78 Å². The molecule has 1 rings (SSSR count). The van der Waals surface area contributed by atoms with Crippen molar-refractivity contribution in [3.8, 4) is 5.75 Å². The first-order valence-corrected chi connectivity index (χ1v) is 5.29. The van der Waals surface area contributed by atoms with Gasteiger partial charge in [0.2, 0.25) is 0 Å². The maximum absolute atomic E-state index is 12.5. The van der Waals surface area contributed by atoms with Gasteiger partial charge in [-0.25, -0.2) is 13.8 Å². The molecule has 0 bridgehead atoms. The Bertz CT molecular complexity index is 335. The zero-order valence-electron chi connectivity index (χ0n) is 7.23. The SMILES string of the molecule is COc1cc(C(F)F)c(CCl)nc1I. The maximum atomic E-state index is 12.5. The first kappa shape index (κ1) is 11.9. The summed E-state index contributed by atoms with van der Waals surface area (Å²) in [7, 11) is 1.41. The standard InChI is InChI=1S/C8H7ClF2INO/c1-14-6-2-4(7(10)11)5(3-9)13-8(6)12/h2,7H,3H2,1H3. The van der Waals surface area contributed by atoms with E-state index in [1.54, 1.807) is 0 Å². The third-order valence-corrected chi connectivity index (χ3v) is 2.66. The van der Waals surface area contributed by atoms with E-state index >= 15 is 0 Å². The molecule has 0 N–H and O–H groups in total. The van der Waals surface area contributed by atoms with E-state index < -0.39 is 6.43 Å². The zero-order chi connectivity index (χ0) is 10.7. The van der Waals surface area contributed by atoms with Gasteiger partial charge in [-0.1, -0.05) is 0 Å². The largest absolute Gasteiger partial charge is 0.494 e. The molecule has 0 fully saturated rings. The number of rotatable bonds is 3. The van der Waals surface area contributed by atoms with Gasteiger partial charge in [0.1, 0.15) is 3.70 Å². The van der Waals surface area contributed by atoms with Crippen LogP contribution in [-0.2, 0) is 5.88 Å². The van der Waals surface area contributed by atoms with Gasteiger partial charge in [0, 0.05) is 5.56 Å². The van der Waals surface area contributed by atoms with Gasteiger partial charge in [0.05, 0.1) is 18.7 Å². The first-order chi connectivity index (χ1) is 6.60. The lowest BCUT2D eigenvalue weighted by atomic mass is 10.2. The lowest BCUT2D eigenvalue weighted by Crippen LogP contribution is -2.01. The van der Waals surface area contributed by atoms with E-state index in [0.717, 1.165) is 0 Å². The Morgan fingerprint density at radius 1 is 1.64 bits per heavy atom. The molecule has 0 amide bonds. The Balaban J connectivity index is 3.25. The molecule has 0 aliphatic carbocycles. The zero-order valence-corrected chi connectivity index (χ0v) is 10.1. The van der Waals surface area contributed by atoms with Crippen molar-refractivity contribution >= 4 is 34.2 Å². The van der Waals surface area contributed by atoms with Crippen LogP contribution >= 0.6 is 34.2 Å². The van der Waals surface area contributed by atoms with Crippen molar-refractivity contribution in [1.82, 2.24) is 4.98 Å². The van der Waals surface area contributed by atoms with Crippen molar-refractivity contribution in [3.63, 3.8) is 0 Å². The van der Waals surface area contributed by atoms with Crippen LogP contribution in [0.5, 0.6) is 5.75 Å². The van der Waals surface area contributed by atoms with Gasteiger partial charge in [-0.15, -0.1) is 11.6 Å². The highest BCUT2D eigenvalue weighted by Gasteiger charge is 2.17. The molecule has 0 atom stereocenters. The second-order valence-corrected chi connectivity index (χ2v) is 3.74. The minimum absolute atomic E-state index is 0.0281. The van der Waals surface area contributed by atoms with E-state index in [4.69, 9.17) is 16.3 Å². The molecule has 6 heteroatoms. The number of hydrogen-bond donors (Lipinski definition) is 0. The van der Waals surface area contributed by atoms with Crippen molar-refractivity contribution in [1.29, 1.82) is 0 Å². The van der Waals surface area contributed by atoms with Gasteiger partial charge in [0.25, 0.3) is 6.43 Å². The molecule has 2 nitrogen and oxygen atoms in total. The lowest BCUT2D eigenvalue weighted by Gasteiger charge is -2.09. The monoisotopic (exact) mass is 333 g/mol. The summed E-state index contributed by atoms with van der Waals surface area (Å²) in [6, 6.07) is 1.27. The fraction of sp³-hybridized carbons (Fsp3) is 0.375. The highest BCUT2D eigenvalue weighted by molar-refractivity contribution is 14.1. The molecule has 1 aromatic rings. The van der Waals surface area contributed by atoms with Crippen LogP contribution in [0.1, 0.15) is 17.7 Å². The summed E-state index contributed by atoms with van der Waals surface area (Å²) in [5, 5.41) is 0. The van der Waals surface area contributed by atoms with Crippen LogP contribution in [0.25, 0.3) is 0 Å². The Morgan fingerprint density at radius 2 is 2.29 bits per heavy atom. The van der Waals surface area contributed by atoms with Gasteiger partial charge in [-0.2, -0.15) is 0 Å². The number of aromatic nitrogens is 1. The van der Waals surface area contributed by atoms with Crippen LogP contribution in [0.2, 0.25) is 0 Å². The van der Waals surface area contributed by atoms with Crippen LogP contribution in [0.15, 0.2) is 6.07 Å². The molecule has 0 unspecified atom stereocenters. The minimum Gasteiger partial charge on any atom is -0.494 e.